The van der Waals surface area contributed by atoms with Crippen LogP contribution in [0.15, 0.2) is 66.7 Å². The Labute approximate surface area is 184 Å². The van der Waals surface area contributed by atoms with Gasteiger partial charge in [0, 0.05) is 24.9 Å². The molecule has 0 atom stereocenters. The van der Waals surface area contributed by atoms with Gasteiger partial charge >= 0.3 is 0 Å². The van der Waals surface area contributed by atoms with E-state index in [0.29, 0.717) is 18.0 Å². The first-order chi connectivity index (χ1) is 15.0. The third-order valence-electron chi connectivity index (χ3n) is 5.12. The third-order valence-corrected chi connectivity index (χ3v) is 6.26. The molecule has 0 aliphatic heterocycles. The van der Waals surface area contributed by atoms with Crippen LogP contribution in [0.4, 0.5) is 0 Å². The summed E-state index contributed by atoms with van der Waals surface area (Å²) in [6, 6.07) is 21.8. The van der Waals surface area contributed by atoms with Crippen molar-refractivity contribution < 1.29 is 9.59 Å². The highest BCUT2D eigenvalue weighted by atomic mass is 32.1. The van der Waals surface area contributed by atoms with Crippen molar-refractivity contribution >= 4 is 33.4 Å². The summed E-state index contributed by atoms with van der Waals surface area (Å²) in [7, 11) is 0. The van der Waals surface area contributed by atoms with Gasteiger partial charge in [0.25, 0.3) is 5.91 Å². The maximum absolute atomic E-state index is 13.4. The molecular weight excluding hydrogens is 408 g/mol. The fourth-order valence-corrected chi connectivity index (χ4v) is 4.67. The van der Waals surface area contributed by atoms with Crippen LogP contribution >= 0.6 is 11.3 Å². The predicted octanol–water partition coefficient (Wildman–Crippen LogP) is 3.97. The van der Waals surface area contributed by atoms with Crippen LogP contribution in [0.25, 0.3) is 10.2 Å². The van der Waals surface area contributed by atoms with Crippen molar-refractivity contribution in [2.45, 2.75) is 26.4 Å². The molecule has 31 heavy (non-hydrogen) atoms. The van der Waals surface area contributed by atoms with Gasteiger partial charge in [0.2, 0.25) is 5.91 Å². The summed E-state index contributed by atoms with van der Waals surface area (Å²) in [6.45, 7) is 3.32. The molecule has 0 bridgehead atoms. The van der Waals surface area contributed by atoms with Gasteiger partial charge in [-0.1, -0.05) is 60.7 Å². The highest BCUT2D eigenvalue weighted by Crippen LogP contribution is 2.30. The number of hydrogen-bond donors (Lipinski definition) is 1. The summed E-state index contributed by atoms with van der Waals surface area (Å²) < 4.78 is 1.95. The molecule has 0 saturated carbocycles. The Morgan fingerprint density at radius 3 is 2.32 bits per heavy atom. The van der Waals surface area contributed by atoms with Crippen LogP contribution in [0.3, 0.4) is 0 Å². The number of hydrogen-bond acceptors (Lipinski definition) is 4. The average Bonchev–Trinajstić information content (AvgIpc) is 3.33. The standard InChI is InChI=1S/C24H24N4O2S/c1-17-20-14-21(31-24(20)28(26-17)16-19-10-6-3-7-11-19)23(30)27(13-12-22(25)29)15-18-8-4-2-5-9-18/h2-11,14H,12-13,15-16H2,1H3,(H2,25,29). The highest BCUT2D eigenvalue weighted by Gasteiger charge is 2.22. The fourth-order valence-electron chi connectivity index (χ4n) is 3.54. The molecule has 0 saturated heterocycles. The minimum absolute atomic E-state index is 0.100. The zero-order valence-electron chi connectivity index (χ0n) is 17.3. The number of carbonyl (C=O) groups excluding carboxylic acids is 2. The molecule has 4 aromatic rings. The summed E-state index contributed by atoms with van der Waals surface area (Å²) in [6.07, 6.45) is 0.129. The van der Waals surface area contributed by atoms with Crippen LogP contribution in [0.2, 0.25) is 0 Å². The monoisotopic (exact) mass is 432 g/mol. The van der Waals surface area contributed by atoms with E-state index in [1.807, 2.05) is 66.2 Å². The van der Waals surface area contributed by atoms with Gasteiger partial charge in [0.1, 0.15) is 4.83 Å². The first kappa shape index (κ1) is 20.8. The molecule has 2 amide bonds. The van der Waals surface area contributed by atoms with Crippen molar-refractivity contribution in [1.82, 2.24) is 14.7 Å². The Bertz CT molecular complexity index is 1200. The molecule has 2 aromatic heterocycles. The Hall–Kier alpha value is -3.45. The van der Waals surface area contributed by atoms with E-state index in [1.54, 1.807) is 4.90 Å². The Kier molecular flexibility index (Phi) is 6.13. The first-order valence-electron chi connectivity index (χ1n) is 10.1. The number of nitrogens with two attached hydrogens (primary N) is 1. The predicted molar refractivity (Wildman–Crippen MR) is 123 cm³/mol. The number of benzene rings is 2. The third kappa shape index (κ3) is 4.83. The zero-order valence-corrected chi connectivity index (χ0v) is 18.1. The number of thiophene rings is 1. The lowest BCUT2D eigenvalue weighted by Crippen LogP contribution is -2.33. The minimum atomic E-state index is -0.420. The number of fused-ring (bicyclic) bond motifs is 1. The molecule has 0 radical (unpaired) electrons. The molecule has 2 heterocycles. The van der Waals surface area contributed by atoms with E-state index in [1.165, 1.54) is 11.3 Å². The number of nitrogens with zero attached hydrogens (tertiary/aromatic N) is 3. The van der Waals surface area contributed by atoms with Crippen LogP contribution in [0, 0.1) is 6.92 Å². The van der Waals surface area contributed by atoms with Crippen LogP contribution in [-0.4, -0.2) is 33.0 Å². The molecular formula is C24H24N4O2S. The number of primary amides is 1. The molecule has 2 N–H and O–H groups in total. The van der Waals surface area contributed by atoms with E-state index >= 15 is 0 Å². The van der Waals surface area contributed by atoms with Gasteiger partial charge in [-0.3, -0.25) is 14.3 Å². The Morgan fingerprint density at radius 2 is 1.68 bits per heavy atom. The molecule has 0 fully saturated rings. The summed E-state index contributed by atoms with van der Waals surface area (Å²) >= 11 is 1.44. The van der Waals surface area contributed by atoms with E-state index in [2.05, 4.69) is 17.2 Å². The second kappa shape index (κ2) is 9.14. The second-order valence-corrected chi connectivity index (χ2v) is 8.52. The topological polar surface area (TPSA) is 81.2 Å². The van der Waals surface area contributed by atoms with E-state index < -0.39 is 5.91 Å². The first-order valence-corrected chi connectivity index (χ1v) is 11.0. The lowest BCUT2D eigenvalue weighted by Gasteiger charge is -2.21. The number of carbonyl (C=O) groups is 2. The smallest absolute Gasteiger partial charge is 0.264 e. The summed E-state index contributed by atoms with van der Waals surface area (Å²) in [5.74, 6) is -0.520. The van der Waals surface area contributed by atoms with E-state index in [0.717, 1.165) is 27.0 Å². The summed E-state index contributed by atoms with van der Waals surface area (Å²) in [5, 5.41) is 5.64. The second-order valence-electron chi connectivity index (χ2n) is 7.49. The van der Waals surface area contributed by atoms with Gasteiger partial charge in [-0.15, -0.1) is 11.3 Å². The summed E-state index contributed by atoms with van der Waals surface area (Å²) in [4.78, 5) is 28.0. The molecule has 0 spiro atoms. The Balaban J connectivity index is 1.62. The van der Waals surface area contributed by atoms with Crippen LogP contribution < -0.4 is 5.73 Å². The molecule has 0 unspecified atom stereocenters. The van der Waals surface area contributed by atoms with Crippen LogP contribution in [0.5, 0.6) is 0 Å². The zero-order chi connectivity index (χ0) is 21.8. The maximum Gasteiger partial charge on any atom is 0.264 e. The van der Waals surface area contributed by atoms with E-state index in [9.17, 15) is 9.59 Å². The van der Waals surface area contributed by atoms with E-state index in [4.69, 9.17) is 5.73 Å². The van der Waals surface area contributed by atoms with Crippen molar-refractivity contribution in [2.75, 3.05) is 6.54 Å². The molecule has 2 aromatic carbocycles. The van der Waals surface area contributed by atoms with Crippen molar-refractivity contribution in [3.8, 4) is 0 Å². The van der Waals surface area contributed by atoms with Gasteiger partial charge in [-0.05, 0) is 24.1 Å². The van der Waals surface area contributed by atoms with Crippen LogP contribution in [0.1, 0.15) is 32.9 Å². The SMILES string of the molecule is Cc1nn(Cc2ccccc2)c2sc(C(=O)N(CCC(N)=O)Cc3ccccc3)cc12. The van der Waals surface area contributed by atoms with Gasteiger partial charge in [-0.2, -0.15) is 5.10 Å². The summed E-state index contributed by atoms with van der Waals surface area (Å²) in [5.41, 5.74) is 8.40. The maximum atomic E-state index is 13.4. The van der Waals surface area contributed by atoms with Crippen molar-refractivity contribution in [1.29, 1.82) is 0 Å². The van der Waals surface area contributed by atoms with Crippen molar-refractivity contribution in [3.05, 3.63) is 88.4 Å². The minimum Gasteiger partial charge on any atom is -0.370 e. The molecule has 0 aliphatic carbocycles. The fraction of sp³-hybridized carbons (Fsp3) is 0.208. The molecule has 158 valence electrons. The number of amides is 2. The largest absolute Gasteiger partial charge is 0.370 e. The van der Waals surface area contributed by atoms with Gasteiger partial charge in [0.05, 0.1) is 17.1 Å². The quantitative estimate of drug-likeness (QED) is 0.457. The molecule has 6 nitrogen and oxygen atoms in total. The lowest BCUT2D eigenvalue weighted by atomic mass is 10.2. The van der Waals surface area contributed by atoms with Crippen molar-refractivity contribution in [2.24, 2.45) is 5.73 Å². The lowest BCUT2D eigenvalue weighted by molar-refractivity contribution is -0.118. The molecule has 0 aliphatic rings. The number of aryl methyl sites for hydroxylation is 1. The molecule has 4 rings (SSSR count). The van der Waals surface area contributed by atoms with Gasteiger partial charge in [0.15, 0.2) is 0 Å². The van der Waals surface area contributed by atoms with Crippen molar-refractivity contribution in [3.63, 3.8) is 0 Å². The van der Waals surface area contributed by atoms with Gasteiger partial charge < -0.3 is 10.6 Å². The number of aromatic nitrogens is 2. The van der Waals surface area contributed by atoms with Gasteiger partial charge in [-0.25, -0.2) is 0 Å². The Morgan fingerprint density at radius 1 is 1.03 bits per heavy atom. The average molecular weight is 433 g/mol. The molecule has 7 heteroatoms. The highest BCUT2D eigenvalue weighted by molar-refractivity contribution is 7.20. The number of rotatable bonds is 8. The van der Waals surface area contributed by atoms with Crippen LogP contribution in [-0.2, 0) is 17.9 Å². The van der Waals surface area contributed by atoms with E-state index in [-0.39, 0.29) is 18.9 Å². The normalized spacial score (nSPS) is 11.0.